The predicted octanol–water partition coefficient (Wildman–Crippen LogP) is 2.31. The Labute approximate surface area is 117 Å². The number of nitrogens with one attached hydrogen (secondary N) is 1. The van der Waals surface area contributed by atoms with Crippen molar-refractivity contribution in [3.63, 3.8) is 0 Å². The molecule has 0 aliphatic carbocycles. The van der Waals surface area contributed by atoms with E-state index in [1.807, 2.05) is 24.4 Å². The van der Waals surface area contributed by atoms with Crippen LogP contribution in [0.1, 0.15) is 12.5 Å². The smallest absolute Gasteiger partial charge is 0.216 e. The van der Waals surface area contributed by atoms with Gasteiger partial charge in [-0.15, -0.1) is 0 Å². The van der Waals surface area contributed by atoms with E-state index in [4.69, 9.17) is 4.74 Å². The first-order chi connectivity index (χ1) is 9.52. The molecule has 2 aromatic rings. The molecule has 5 nitrogen and oxygen atoms in total. The molecular weight excluding hydrogens is 256 g/mol. The van der Waals surface area contributed by atoms with Gasteiger partial charge in [-0.25, -0.2) is 0 Å². The summed E-state index contributed by atoms with van der Waals surface area (Å²) in [5, 5.41) is 13.4. The average Bonchev–Trinajstić information content (AvgIpc) is 2.76. The third-order valence-corrected chi connectivity index (χ3v) is 3.14. The molecule has 20 heavy (non-hydrogen) atoms. The van der Waals surface area contributed by atoms with E-state index in [0.717, 1.165) is 22.2 Å². The van der Waals surface area contributed by atoms with E-state index in [-0.39, 0.29) is 11.8 Å². The van der Waals surface area contributed by atoms with Gasteiger partial charge in [0, 0.05) is 25.1 Å². The van der Waals surface area contributed by atoms with Gasteiger partial charge >= 0.3 is 0 Å². The maximum Gasteiger partial charge on any atom is 0.216 e. The number of hydrogen-bond acceptors (Lipinski definition) is 3. The fourth-order valence-corrected chi connectivity index (χ4v) is 2.19. The van der Waals surface area contributed by atoms with Gasteiger partial charge in [0.25, 0.3) is 0 Å². The number of aliphatic hydroxyl groups is 1. The summed E-state index contributed by atoms with van der Waals surface area (Å²) < 4.78 is 6.85. The van der Waals surface area contributed by atoms with E-state index >= 15 is 0 Å². The highest BCUT2D eigenvalue weighted by Crippen LogP contribution is 2.27. The lowest BCUT2D eigenvalue weighted by Gasteiger charge is -2.03. The number of carbonyl (C=O) groups excluding carboxylic acids is 1. The van der Waals surface area contributed by atoms with E-state index < -0.39 is 0 Å². The molecule has 0 aliphatic rings. The second-order valence-corrected chi connectivity index (χ2v) is 4.56. The highest BCUT2D eigenvalue weighted by molar-refractivity contribution is 5.87. The summed E-state index contributed by atoms with van der Waals surface area (Å²) in [6.45, 7) is 5.59. The summed E-state index contributed by atoms with van der Waals surface area (Å²) in [6, 6.07) is 5.62. The number of aliphatic hydroxyl groups excluding tert-OH is 1. The van der Waals surface area contributed by atoms with Crippen LogP contribution in [0.3, 0.4) is 0 Å². The first-order valence-corrected chi connectivity index (χ1v) is 6.33. The standard InChI is InChI=1S/C15H18N2O3/c1-10(18)16-7-6-12-9-17(11(2)19)15-5-4-13(20-3)8-14(12)15/h4-5,8-9,19H,2,6-7H2,1,3H3,(H,16,18). The molecule has 0 unspecified atom stereocenters. The zero-order chi connectivity index (χ0) is 14.7. The number of hydrogen-bond donors (Lipinski definition) is 2. The molecule has 106 valence electrons. The van der Waals surface area contributed by atoms with Crippen LogP contribution in [-0.4, -0.2) is 29.2 Å². The molecule has 0 aliphatic heterocycles. The average molecular weight is 274 g/mol. The molecule has 0 radical (unpaired) electrons. The largest absolute Gasteiger partial charge is 0.497 e. The monoisotopic (exact) mass is 274 g/mol. The number of ether oxygens (including phenoxy) is 1. The molecule has 0 bridgehead atoms. The van der Waals surface area contributed by atoms with E-state index in [1.54, 1.807) is 11.7 Å². The van der Waals surface area contributed by atoms with Crippen molar-refractivity contribution in [1.82, 2.24) is 9.88 Å². The van der Waals surface area contributed by atoms with Crippen LogP contribution < -0.4 is 10.1 Å². The molecule has 1 amide bonds. The maximum absolute atomic E-state index is 10.9. The van der Waals surface area contributed by atoms with Crippen molar-refractivity contribution < 1.29 is 14.6 Å². The number of aromatic nitrogens is 1. The van der Waals surface area contributed by atoms with Crippen LogP contribution >= 0.6 is 0 Å². The number of methoxy groups -OCH3 is 1. The van der Waals surface area contributed by atoms with Crippen molar-refractivity contribution >= 4 is 22.7 Å². The fourth-order valence-electron chi connectivity index (χ4n) is 2.19. The first-order valence-electron chi connectivity index (χ1n) is 6.33. The first kappa shape index (κ1) is 14.0. The molecule has 0 saturated carbocycles. The Morgan fingerprint density at radius 1 is 1.50 bits per heavy atom. The zero-order valence-corrected chi connectivity index (χ0v) is 11.6. The van der Waals surface area contributed by atoms with Crippen molar-refractivity contribution in [2.45, 2.75) is 13.3 Å². The Kier molecular flexibility index (Phi) is 3.98. The number of fused-ring (bicyclic) bond motifs is 1. The van der Waals surface area contributed by atoms with Gasteiger partial charge in [-0.1, -0.05) is 0 Å². The number of benzene rings is 1. The topological polar surface area (TPSA) is 63.5 Å². The van der Waals surface area contributed by atoms with Gasteiger partial charge in [-0.05, 0) is 36.8 Å². The highest BCUT2D eigenvalue weighted by atomic mass is 16.5. The van der Waals surface area contributed by atoms with Gasteiger partial charge in [0.05, 0.1) is 12.6 Å². The summed E-state index contributed by atoms with van der Waals surface area (Å²) in [4.78, 5) is 10.9. The minimum absolute atomic E-state index is 0.0362. The molecule has 0 spiro atoms. The van der Waals surface area contributed by atoms with E-state index in [2.05, 4.69) is 11.9 Å². The summed E-state index contributed by atoms with van der Waals surface area (Å²) in [7, 11) is 1.61. The maximum atomic E-state index is 10.9. The van der Waals surface area contributed by atoms with Crippen LogP contribution in [0.15, 0.2) is 31.0 Å². The van der Waals surface area contributed by atoms with Crippen molar-refractivity contribution in [2.75, 3.05) is 13.7 Å². The summed E-state index contributed by atoms with van der Waals surface area (Å²) in [6.07, 6.45) is 2.50. The number of nitrogens with zero attached hydrogens (tertiary/aromatic N) is 1. The Morgan fingerprint density at radius 2 is 2.25 bits per heavy atom. The van der Waals surface area contributed by atoms with Gasteiger partial charge in [0.15, 0.2) is 5.88 Å². The Hall–Kier alpha value is -2.43. The lowest BCUT2D eigenvalue weighted by atomic mass is 10.1. The van der Waals surface area contributed by atoms with E-state index in [9.17, 15) is 9.90 Å². The third kappa shape index (κ3) is 2.77. The Morgan fingerprint density at radius 3 is 2.85 bits per heavy atom. The van der Waals surface area contributed by atoms with E-state index in [1.165, 1.54) is 6.92 Å². The highest BCUT2D eigenvalue weighted by Gasteiger charge is 2.11. The molecule has 1 heterocycles. The van der Waals surface area contributed by atoms with Crippen LogP contribution in [0.2, 0.25) is 0 Å². The van der Waals surface area contributed by atoms with Gasteiger partial charge in [0.1, 0.15) is 5.75 Å². The van der Waals surface area contributed by atoms with E-state index in [0.29, 0.717) is 13.0 Å². The molecule has 0 saturated heterocycles. The molecule has 0 fully saturated rings. The third-order valence-electron chi connectivity index (χ3n) is 3.14. The fraction of sp³-hybridized carbons (Fsp3) is 0.267. The van der Waals surface area contributed by atoms with Crippen LogP contribution in [0.4, 0.5) is 0 Å². The molecule has 2 N–H and O–H groups in total. The molecular formula is C15H18N2O3. The van der Waals surface area contributed by atoms with Crippen LogP contribution in [0.5, 0.6) is 5.75 Å². The predicted molar refractivity (Wildman–Crippen MR) is 78.8 cm³/mol. The number of rotatable bonds is 5. The molecule has 1 aromatic heterocycles. The lowest BCUT2D eigenvalue weighted by molar-refractivity contribution is -0.118. The van der Waals surface area contributed by atoms with Gasteiger partial charge in [-0.2, -0.15) is 0 Å². The van der Waals surface area contributed by atoms with Gasteiger partial charge in [-0.3, -0.25) is 9.36 Å². The minimum Gasteiger partial charge on any atom is -0.497 e. The summed E-state index contributed by atoms with van der Waals surface area (Å²) >= 11 is 0. The van der Waals surface area contributed by atoms with Crippen LogP contribution in [-0.2, 0) is 11.2 Å². The molecule has 1 aromatic carbocycles. The normalized spacial score (nSPS) is 10.5. The van der Waals surface area contributed by atoms with Crippen molar-refractivity contribution in [1.29, 1.82) is 0 Å². The molecule has 5 heteroatoms. The zero-order valence-electron chi connectivity index (χ0n) is 11.6. The van der Waals surface area contributed by atoms with Gasteiger partial charge in [0.2, 0.25) is 5.91 Å². The SMILES string of the molecule is C=C(O)n1cc(CCNC(C)=O)c2cc(OC)ccc21. The lowest BCUT2D eigenvalue weighted by Crippen LogP contribution is -2.22. The van der Waals surface area contributed by atoms with Gasteiger partial charge < -0.3 is 15.2 Å². The number of carbonyl (C=O) groups is 1. The van der Waals surface area contributed by atoms with Crippen LogP contribution in [0.25, 0.3) is 16.8 Å². The molecule has 2 rings (SSSR count). The Balaban J connectivity index is 2.41. The van der Waals surface area contributed by atoms with Crippen molar-refractivity contribution in [2.24, 2.45) is 0 Å². The van der Waals surface area contributed by atoms with Crippen molar-refractivity contribution in [3.05, 3.63) is 36.5 Å². The quantitative estimate of drug-likeness (QED) is 0.822. The summed E-state index contributed by atoms with van der Waals surface area (Å²) in [5.41, 5.74) is 1.87. The molecule has 0 atom stereocenters. The number of amides is 1. The Bertz CT molecular complexity index is 658. The second-order valence-electron chi connectivity index (χ2n) is 4.56. The second kappa shape index (κ2) is 5.69. The summed E-state index contributed by atoms with van der Waals surface area (Å²) in [5.74, 6) is 0.656. The van der Waals surface area contributed by atoms with Crippen molar-refractivity contribution in [3.8, 4) is 5.75 Å². The van der Waals surface area contributed by atoms with Crippen LogP contribution in [0, 0.1) is 0 Å². The minimum atomic E-state index is -0.0575.